The van der Waals surface area contributed by atoms with Crippen LogP contribution in [0.2, 0.25) is 0 Å². The molecule has 7 heteroatoms. The molecule has 1 N–H and O–H groups in total. The molecule has 1 aromatic heterocycles. The van der Waals surface area contributed by atoms with Crippen molar-refractivity contribution >= 4 is 23.6 Å². The van der Waals surface area contributed by atoms with Crippen LogP contribution in [0.15, 0.2) is 40.8 Å². The lowest BCUT2D eigenvalue weighted by atomic mass is 10.2. The second-order valence-electron chi connectivity index (χ2n) is 5.50. The highest BCUT2D eigenvalue weighted by Gasteiger charge is 2.31. The van der Waals surface area contributed by atoms with Gasteiger partial charge in [-0.25, -0.2) is 4.39 Å². The molecule has 2 heterocycles. The molecular formula is C17H16FNO4S. The Morgan fingerprint density at radius 3 is 2.71 bits per heavy atom. The highest BCUT2D eigenvalue weighted by atomic mass is 32.2. The van der Waals surface area contributed by atoms with E-state index >= 15 is 0 Å². The van der Waals surface area contributed by atoms with Crippen LogP contribution in [-0.2, 0) is 4.79 Å². The minimum Gasteiger partial charge on any atom is -0.481 e. The number of carboxylic acids is 1. The van der Waals surface area contributed by atoms with Crippen molar-refractivity contribution in [1.82, 2.24) is 4.90 Å². The lowest BCUT2D eigenvalue weighted by molar-refractivity contribution is -0.138. The first kappa shape index (κ1) is 16.6. The highest BCUT2D eigenvalue weighted by molar-refractivity contribution is 7.99. The van der Waals surface area contributed by atoms with Gasteiger partial charge in [0.05, 0.1) is 12.5 Å². The Bertz CT molecular complexity index is 743. The number of nitrogens with zero attached hydrogens (tertiary/aromatic N) is 1. The maximum absolute atomic E-state index is 13.0. The van der Waals surface area contributed by atoms with E-state index in [-0.39, 0.29) is 29.9 Å². The van der Waals surface area contributed by atoms with E-state index in [1.165, 1.54) is 12.1 Å². The van der Waals surface area contributed by atoms with Gasteiger partial charge >= 0.3 is 5.97 Å². The van der Waals surface area contributed by atoms with Gasteiger partial charge in [-0.2, -0.15) is 11.8 Å². The number of benzene rings is 1. The summed E-state index contributed by atoms with van der Waals surface area (Å²) in [6.45, 7) is 0.494. The summed E-state index contributed by atoms with van der Waals surface area (Å²) in [4.78, 5) is 25.2. The highest BCUT2D eigenvalue weighted by Crippen LogP contribution is 2.26. The van der Waals surface area contributed by atoms with Gasteiger partial charge in [0.15, 0.2) is 5.76 Å². The zero-order chi connectivity index (χ0) is 17.1. The van der Waals surface area contributed by atoms with Crippen molar-refractivity contribution < 1.29 is 23.5 Å². The molecule has 1 aliphatic rings. The van der Waals surface area contributed by atoms with Gasteiger partial charge in [0.2, 0.25) is 0 Å². The molecule has 0 spiro atoms. The summed E-state index contributed by atoms with van der Waals surface area (Å²) in [6.07, 6.45) is -0.0791. The number of halogens is 1. The van der Waals surface area contributed by atoms with Gasteiger partial charge in [0, 0.05) is 23.6 Å². The van der Waals surface area contributed by atoms with Crippen LogP contribution in [0.4, 0.5) is 4.39 Å². The number of hydrogen-bond donors (Lipinski definition) is 1. The molecule has 3 rings (SSSR count). The predicted octanol–water partition coefficient (Wildman–Crippen LogP) is 3.12. The fraction of sp³-hybridized carbons (Fsp3) is 0.294. The average Bonchev–Trinajstić information content (AvgIpc) is 3.05. The molecule has 126 valence electrons. The summed E-state index contributed by atoms with van der Waals surface area (Å²) in [6, 6.07) is 8.69. The fourth-order valence-corrected chi connectivity index (χ4v) is 3.72. The molecule has 24 heavy (non-hydrogen) atoms. The van der Waals surface area contributed by atoms with E-state index in [9.17, 15) is 14.0 Å². The Kier molecular flexibility index (Phi) is 4.89. The molecule has 5 nitrogen and oxygen atoms in total. The zero-order valence-corrected chi connectivity index (χ0v) is 13.6. The summed E-state index contributed by atoms with van der Waals surface area (Å²) in [7, 11) is 0. The van der Waals surface area contributed by atoms with Crippen molar-refractivity contribution in [2.24, 2.45) is 0 Å². The lowest BCUT2D eigenvalue weighted by Crippen LogP contribution is -2.47. The third-order valence-corrected chi connectivity index (χ3v) is 4.94. The molecule has 0 radical (unpaired) electrons. The number of carbonyl (C=O) groups is 2. The minimum atomic E-state index is -0.924. The third-order valence-electron chi connectivity index (χ3n) is 3.84. The molecule has 1 saturated heterocycles. The molecule has 1 unspecified atom stereocenters. The summed E-state index contributed by atoms with van der Waals surface area (Å²) < 4.78 is 18.6. The number of hydrogen-bond acceptors (Lipinski definition) is 4. The Hall–Kier alpha value is -2.28. The first-order valence-corrected chi connectivity index (χ1v) is 8.66. The Labute approximate surface area is 142 Å². The number of carboxylic acid groups (broad SMARTS) is 1. The standard InChI is InChI=1S/C17H16FNO4S/c18-12-3-1-11(2-4-12)14-5-6-15(23-14)17(22)19-7-8-24-10-13(19)9-16(20)21/h1-6,13H,7-10H2,(H,20,21). The first-order chi connectivity index (χ1) is 11.5. The van der Waals surface area contributed by atoms with Crippen molar-refractivity contribution in [3.8, 4) is 11.3 Å². The lowest BCUT2D eigenvalue weighted by Gasteiger charge is -2.33. The maximum Gasteiger partial charge on any atom is 0.305 e. The predicted molar refractivity (Wildman–Crippen MR) is 88.5 cm³/mol. The van der Waals surface area contributed by atoms with E-state index in [1.54, 1.807) is 40.9 Å². The Balaban J connectivity index is 1.79. The normalized spacial score (nSPS) is 17.7. The van der Waals surface area contributed by atoms with Crippen LogP contribution in [0.25, 0.3) is 11.3 Å². The molecule has 1 aromatic carbocycles. The topological polar surface area (TPSA) is 70.8 Å². The number of carbonyl (C=O) groups excluding carboxylic acids is 1. The quantitative estimate of drug-likeness (QED) is 0.918. The van der Waals surface area contributed by atoms with E-state index in [0.717, 1.165) is 5.75 Å². The van der Waals surface area contributed by atoms with Crippen LogP contribution in [0.1, 0.15) is 17.0 Å². The van der Waals surface area contributed by atoms with Gasteiger partial charge in [-0.05, 0) is 36.4 Å². The van der Waals surface area contributed by atoms with Gasteiger partial charge in [-0.3, -0.25) is 9.59 Å². The molecule has 1 aliphatic heterocycles. The number of furan rings is 1. The van der Waals surface area contributed by atoms with Gasteiger partial charge in [0.1, 0.15) is 11.6 Å². The largest absolute Gasteiger partial charge is 0.481 e. The molecular weight excluding hydrogens is 333 g/mol. The number of amides is 1. The Morgan fingerprint density at radius 1 is 1.25 bits per heavy atom. The maximum atomic E-state index is 13.0. The van der Waals surface area contributed by atoms with Crippen molar-refractivity contribution in [1.29, 1.82) is 0 Å². The molecule has 0 bridgehead atoms. The fourth-order valence-electron chi connectivity index (χ4n) is 2.66. The van der Waals surface area contributed by atoms with Crippen LogP contribution >= 0.6 is 11.8 Å². The summed E-state index contributed by atoms with van der Waals surface area (Å²) >= 11 is 1.64. The van der Waals surface area contributed by atoms with Crippen LogP contribution in [0, 0.1) is 5.82 Å². The Morgan fingerprint density at radius 2 is 2.00 bits per heavy atom. The van der Waals surface area contributed by atoms with E-state index in [4.69, 9.17) is 9.52 Å². The summed E-state index contributed by atoms with van der Waals surface area (Å²) in [5.41, 5.74) is 0.673. The number of rotatable bonds is 4. The first-order valence-electron chi connectivity index (χ1n) is 7.51. The second kappa shape index (κ2) is 7.09. The summed E-state index contributed by atoms with van der Waals surface area (Å²) in [5, 5.41) is 9.01. The number of aliphatic carboxylic acids is 1. The number of thioether (sulfide) groups is 1. The molecule has 1 atom stereocenters. The van der Waals surface area contributed by atoms with Crippen molar-refractivity contribution in [2.75, 3.05) is 18.1 Å². The van der Waals surface area contributed by atoms with E-state index in [0.29, 0.717) is 23.6 Å². The van der Waals surface area contributed by atoms with Gasteiger partial charge in [-0.1, -0.05) is 0 Å². The second-order valence-corrected chi connectivity index (χ2v) is 6.65. The third kappa shape index (κ3) is 3.62. The van der Waals surface area contributed by atoms with Gasteiger partial charge in [0.25, 0.3) is 5.91 Å². The van der Waals surface area contributed by atoms with Gasteiger partial charge < -0.3 is 14.4 Å². The van der Waals surface area contributed by atoms with E-state index in [2.05, 4.69) is 0 Å². The van der Waals surface area contributed by atoms with Crippen molar-refractivity contribution in [2.45, 2.75) is 12.5 Å². The van der Waals surface area contributed by atoms with E-state index < -0.39 is 5.97 Å². The van der Waals surface area contributed by atoms with E-state index in [1.807, 2.05) is 0 Å². The van der Waals surface area contributed by atoms with Gasteiger partial charge in [-0.15, -0.1) is 0 Å². The van der Waals surface area contributed by atoms with Crippen LogP contribution in [0.5, 0.6) is 0 Å². The average molecular weight is 349 g/mol. The SMILES string of the molecule is O=C(O)CC1CSCCN1C(=O)c1ccc(-c2ccc(F)cc2)o1. The molecule has 1 amide bonds. The van der Waals surface area contributed by atoms with Crippen LogP contribution < -0.4 is 0 Å². The van der Waals surface area contributed by atoms with Crippen molar-refractivity contribution in [3.05, 3.63) is 48.0 Å². The smallest absolute Gasteiger partial charge is 0.305 e. The van der Waals surface area contributed by atoms with Crippen LogP contribution in [-0.4, -0.2) is 46.0 Å². The summed E-state index contributed by atoms with van der Waals surface area (Å²) in [5.74, 6) is 0.429. The molecule has 0 aliphatic carbocycles. The molecule has 1 fully saturated rings. The van der Waals surface area contributed by atoms with Crippen molar-refractivity contribution in [3.63, 3.8) is 0 Å². The zero-order valence-electron chi connectivity index (χ0n) is 12.8. The molecule has 2 aromatic rings. The monoisotopic (exact) mass is 349 g/mol. The molecule has 0 saturated carbocycles. The van der Waals surface area contributed by atoms with Crippen LogP contribution in [0.3, 0.4) is 0 Å². The minimum absolute atomic E-state index is 0.0791.